The molecule has 2 aliphatic rings. The summed E-state index contributed by atoms with van der Waals surface area (Å²) in [6.07, 6.45) is 5.88. The third-order valence-electron chi connectivity index (χ3n) is 3.14. The van der Waals surface area contributed by atoms with Gasteiger partial charge in [-0.25, -0.2) is 4.98 Å². The number of nitrogens with zero attached hydrogens (tertiary/aromatic N) is 2. The van der Waals surface area contributed by atoms with E-state index in [-0.39, 0.29) is 0 Å². The van der Waals surface area contributed by atoms with Crippen LogP contribution in [0.3, 0.4) is 0 Å². The van der Waals surface area contributed by atoms with Crippen molar-refractivity contribution in [2.24, 2.45) is 0 Å². The molecule has 18 heavy (non-hydrogen) atoms. The van der Waals surface area contributed by atoms with Gasteiger partial charge in [-0.1, -0.05) is 6.07 Å². The first kappa shape index (κ1) is 11.6. The fourth-order valence-electron chi connectivity index (χ4n) is 2.08. The molecule has 0 aromatic carbocycles. The second-order valence-electron chi connectivity index (χ2n) is 4.59. The lowest BCUT2D eigenvalue weighted by Gasteiger charge is -2.24. The molecule has 3 rings (SSSR count). The first-order valence-electron chi connectivity index (χ1n) is 5.97. The third kappa shape index (κ3) is 2.51. The lowest BCUT2D eigenvalue weighted by Crippen LogP contribution is -2.25. The van der Waals surface area contributed by atoms with E-state index in [1.807, 2.05) is 6.08 Å². The summed E-state index contributed by atoms with van der Waals surface area (Å²) in [6.45, 7) is 1.28. The number of hydrogen-bond acceptors (Lipinski definition) is 4. The molecular formula is C13H13FN2OS. The van der Waals surface area contributed by atoms with Crippen LogP contribution in [-0.4, -0.2) is 27.6 Å². The second kappa shape index (κ2) is 4.65. The van der Waals surface area contributed by atoms with Crippen LogP contribution in [0.25, 0.3) is 0 Å². The molecule has 1 fully saturated rings. The summed E-state index contributed by atoms with van der Waals surface area (Å²) < 4.78 is 18.1. The molecule has 3 nitrogen and oxygen atoms in total. The van der Waals surface area contributed by atoms with Crippen molar-refractivity contribution >= 4 is 17.3 Å². The summed E-state index contributed by atoms with van der Waals surface area (Å²) in [7, 11) is 0. The minimum Gasteiger partial charge on any atom is -0.477 e. The first-order chi connectivity index (χ1) is 8.72. The molecule has 94 valence electrons. The van der Waals surface area contributed by atoms with Crippen molar-refractivity contribution in [3.63, 3.8) is 0 Å². The smallest absolute Gasteiger partial charge is 0.212 e. The van der Waals surface area contributed by atoms with Gasteiger partial charge in [-0.2, -0.15) is 4.39 Å². The van der Waals surface area contributed by atoms with Crippen LogP contribution in [-0.2, 0) is 11.3 Å². The highest BCUT2D eigenvalue weighted by Crippen LogP contribution is 2.32. The van der Waals surface area contributed by atoms with Gasteiger partial charge in [0.1, 0.15) is 6.61 Å². The molecule has 1 aromatic rings. The Morgan fingerprint density at radius 2 is 2.28 bits per heavy atom. The van der Waals surface area contributed by atoms with E-state index in [2.05, 4.69) is 9.88 Å². The second-order valence-corrected chi connectivity index (χ2v) is 4.99. The van der Waals surface area contributed by atoms with Gasteiger partial charge in [0, 0.05) is 24.9 Å². The number of ether oxygens (including phenoxy) is 1. The minimum atomic E-state index is -0.443. The fraction of sp³-hybridized carbons (Fsp3) is 0.385. The third-order valence-corrected chi connectivity index (χ3v) is 3.38. The average Bonchev–Trinajstić information content (AvgIpc) is 3.11. The zero-order chi connectivity index (χ0) is 12.5. The first-order valence-corrected chi connectivity index (χ1v) is 6.37. The van der Waals surface area contributed by atoms with Gasteiger partial charge in [0.2, 0.25) is 5.95 Å². The Hall–Kier alpha value is -1.49. The van der Waals surface area contributed by atoms with Crippen LogP contribution in [0.5, 0.6) is 0 Å². The largest absolute Gasteiger partial charge is 0.477 e. The number of aromatic nitrogens is 1. The van der Waals surface area contributed by atoms with Crippen LogP contribution in [0, 0.1) is 5.95 Å². The zero-order valence-electron chi connectivity index (χ0n) is 9.80. The van der Waals surface area contributed by atoms with Gasteiger partial charge >= 0.3 is 0 Å². The number of halogens is 1. The van der Waals surface area contributed by atoms with Crippen LogP contribution < -0.4 is 0 Å². The molecule has 0 bridgehead atoms. The summed E-state index contributed by atoms with van der Waals surface area (Å²) in [5, 5.41) is 0.549. The standard InChI is InChI=1S/C13H13FN2OS/c14-12-4-1-9(6-15-12)7-16(10-2-3-10)11-5-13(18)17-8-11/h1,4-6,10H,2-3,7-8H2. The van der Waals surface area contributed by atoms with E-state index in [0.29, 0.717) is 17.7 Å². The Kier molecular flexibility index (Phi) is 2.99. The van der Waals surface area contributed by atoms with Crippen LogP contribution >= 0.6 is 12.2 Å². The normalized spacial score (nSPS) is 18.5. The van der Waals surface area contributed by atoms with Gasteiger partial charge in [-0.15, -0.1) is 0 Å². The van der Waals surface area contributed by atoms with Gasteiger partial charge in [0.15, 0.2) is 5.05 Å². The van der Waals surface area contributed by atoms with Gasteiger partial charge < -0.3 is 9.64 Å². The number of hydrogen-bond donors (Lipinski definition) is 0. The maximum absolute atomic E-state index is 12.8. The van der Waals surface area contributed by atoms with Crippen molar-refractivity contribution < 1.29 is 9.13 Å². The molecule has 0 radical (unpaired) electrons. The van der Waals surface area contributed by atoms with Crippen LogP contribution in [0.4, 0.5) is 4.39 Å². The summed E-state index contributed by atoms with van der Waals surface area (Å²) in [5.74, 6) is -0.443. The Balaban J connectivity index is 1.76. The topological polar surface area (TPSA) is 25.4 Å². The maximum Gasteiger partial charge on any atom is 0.212 e. The number of thiocarbonyl (C=S) groups is 1. The summed E-state index contributed by atoms with van der Waals surface area (Å²) in [6, 6.07) is 3.72. The molecule has 0 atom stereocenters. The molecule has 5 heteroatoms. The van der Waals surface area contributed by atoms with Crippen molar-refractivity contribution in [1.82, 2.24) is 9.88 Å². The van der Waals surface area contributed by atoms with E-state index in [1.165, 1.54) is 18.9 Å². The molecule has 1 saturated carbocycles. The molecule has 0 N–H and O–H groups in total. The van der Waals surface area contributed by atoms with Gasteiger partial charge in [0.05, 0.1) is 5.70 Å². The molecule has 1 aliphatic heterocycles. The lowest BCUT2D eigenvalue weighted by molar-refractivity contribution is 0.266. The van der Waals surface area contributed by atoms with Crippen molar-refractivity contribution in [3.05, 3.63) is 41.6 Å². The highest BCUT2D eigenvalue weighted by molar-refractivity contribution is 7.80. The maximum atomic E-state index is 12.8. The summed E-state index contributed by atoms with van der Waals surface area (Å²) in [4.78, 5) is 5.97. The van der Waals surface area contributed by atoms with E-state index in [9.17, 15) is 4.39 Å². The summed E-state index contributed by atoms with van der Waals surface area (Å²) in [5.41, 5.74) is 2.12. The van der Waals surface area contributed by atoms with Gasteiger partial charge in [-0.05, 0) is 36.7 Å². The van der Waals surface area contributed by atoms with Crippen LogP contribution in [0.1, 0.15) is 18.4 Å². The monoisotopic (exact) mass is 264 g/mol. The predicted octanol–water partition coefficient (Wildman–Crippen LogP) is 2.43. The van der Waals surface area contributed by atoms with Crippen molar-refractivity contribution in [2.75, 3.05) is 6.61 Å². The quantitative estimate of drug-likeness (QED) is 0.616. The van der Waals surface area contributed by atoms with E-state index < -0.39 is 5.95 Å². The van der Waals surface area contributed by atoms with E-state index >= 15 is 0 Å². The lowest BCUT2D eigenvalue weighted by atomic mass is 10.2. The van der Waals surface area contributed by atoms with E-state index in [1.54, 1.807) is 12.3 Å². The Morgan fingerprint density at radius 3 is 2.83 bits per heavy atom. The average molecular weight is 264 g/mol. The van der Waals surface area contributed by atoms with Gasteiger partial charge in [0.25, 0.3) is 0 Å². The molecule has 1 aliphatic carbocycles. The highest BCUT2D eigenvalue weighted by atomic mass is 32.1. The SMILES string of the molecule is Fc1ccc(CN(C2=CC(=S)OC2)C2CC2)cn1. The van der Waals surface area contributed by atoms with E-state index in [0.717, 1.165) is 17.8 Å². The Morgan fingerprint density at radius 1 is 1.44 bits per heavy atom. The number of rotatable bonds is 4. The Labute approximate surface area is 110 Å². The molecular weight excluding hydrogens is 251 g/mol. The highest BCUT2D eigenvalue weighted by Gasteiger charge is 2.32. The van der Waals surface area contributed by atoms with Crippen molar-refractivity contribution in [1.29, 1.82) is 0 Å². The number of pyridine rings is 1. The molecule has 0 saturated heterocycles. The van der Waals surface area contributed by atoms with Crippen LogP contribution in [0.15, 0.2) is 30.1 Å². The summed E-state index contributed by atoms with van der Waals surface area (Å²) >= 11 is 5.02. The minimum absolute atomic E-state index is 0.443. The van der Waals surface area contributed by atoms with E-state index in [4.69, 9.17) is 17.0 Å². The molecule has 0 unspecified atom stereocenters. The molecule has 0 amide bonds. The fourth-order valence-corrected chi connectivity index (χ4v) is 2.27. The molecule has 0 spiro atoms. The molecule has 2 heterocycles. The van der Waals surface area contributed by atoms with Gasteiger partial charge in [-0.3, -0.25) is 0 Å². The van der Waals surface area contributed by atoms with Crippen molar-refractivity contribution in [2.45, 2.75) is 25.4 Å². The molecule has 1 aromatic heterocycles. The van der Waals surface area contributed by atoms with Crippen LogP contribution in [0.2, 0.25) is 0 Å². The predicted molar refractivity (Wildman–Crippen MR) is 69.4 cm³/mol. The van der Waals surface area contributed by atoms with Crippen molar-refractivity contribution in [3.8, 4) is 0 Å². The zero-order valence-corrected chi connectivity index (χ0v) is 10.6. The Bertz CT molecular complexity index is 496.